The Bertz CT molecular complexity index is 936. The van der Waals surface area contributed by atoms with Crippen LogP contribution in [0.3, 0.4) is 0 Å². The van der Waals surface area contributed by atoms with Gasteiger partial charge in [0, 0.05) is 11.3 Å². The number of halogens is 5. The van der Waals surface area contributed by atoms with Gasteiger partial charge in [-0.3, -0.25) is 4.79 Å². The summed E-state index contributed by atoms with van der Waals surface area (Å²) in [5.74, 6) is 0.601. The van der Waals surface area contributed by atoms with E-state index in [-0.39, 0.29) is 17.3 Å². The van der Waals surface area contributed by atoms with Gasteiger partial charge in [0.05, 0.1) is 0 Å². The summed E-state index contributed by atoms with van der Waals surface area (Å²) >= 11 is 0. The smallest absolute Gasteiger partial charge is 0.310 e. The van der Waals surface area contributed by atoms with Crippen LogP contribution in [0, 0.1) is 5.92 Å². The van der Waals surface area contributed by atoms with Crippen LogP contribution in [0.1, 0.15) is 80.1 Å². The SMILES string of the molecule is CCCCCC1CCC(c2ccc(C(=O)Nc3cccc(S(F)(F)(F)(F)F)c3)cc2)CC1. The largest absolute Gasteiger partial charge is 0.322 e. The zero-order valence-corrected chi connectivity index (χ0v) is 19.0. The molecule has 178 valence electrons. The van der Waals surface area contributed by atoms with Gasteiger partial charge in [0.15, 0.2) is 0 Å². The van der Waals surface area contributed by atoms with E-state index in [0.29, 0.717) is 12.0 Å². The molecule has 1 N–H and O–H groups in total. The van der Waals surface area contributed by atoms with Crippen molar-refractivity contribution in [3.63, 3.8) is 0 Å². The molecule has 0 unspecified atom stereocenters. The first-order chi connectivity index (χ1) is 14.9. The molecule has 0 spiro atoms. The minimum absolute atomic E-state index is 0.264. The van der Waals surface area contributed by atoms with Crippen LogP contribution in [0.15, 0.2) is 53.4 Å². The molecule has 2 aromatic carbocycles. The lowest BCUT2D eigenvalue weighted by molar-refractivity contribution is 0.102. The van der Waals surface area contributed by atoms with Crippen molar-refractivity contribution in [1.82, 2.24) is 0 Å². The molecule has 2 aromatic rings. The summed E-state index contributed by atoms with van der Waals surface area (Å²) in [5.41, 5.74) is 1.09. The van der Waals surface area contributed by atoms with Crippen molar-refractivity contribution < 1.29 is 24.2 Å². The number of carbonyl (C=O) groups excluding carboxylic acids is 1. The van der Waals surface area contributed by atoms with E-state index in [2.05, 4.69) is 12.2 Å². The second-order valence-electron chi connectivity index (χ2n) is 8.79. The van der Waals surface area contributed by atoms with Crippen LogP contribution in [0.4, 0.5) is 25.1 Å². The predicted octanol–water partition coefficient (Wildman–Crippen LogP) is 9.45. The predicted molar refractivity (Wildman–Crippen MR) is 121 cm³/mol. The van der Waals surface area contributed by atoms with E-state index < -0.39 is 21.0 Å². The van der Waals surface area contributed by atoms with Crippen LogP contribution in [0.25, 0.3) is 0 Å². The monoisotopic (exact) mass is 475 g/mol. The zero-order valence-electron chi connectivity index (χ0n) is 18.1. The quantitative estimate of drug-likeness (QED) is 0.299. The maximum atomic E-state index is 13.0. The standard InChI is InChI=1S/C24H30F5NOS/c1-2-3-4-6-18-9-11-19(12-10-18)20-13-15-21(16-14-20)24(31)30-22-7-5-8-23(17-22)32(25,26,27,28)29/h5,7-8,13-19H,2-4,6,9-12H2,1H3,(H,30,31). The number of amides is 1. The first-order valence-electron chi connectivity index (χ1n) is 11.1. The van der Waals surface area contributed by atoms with E-state index >= 15 is 0 Å². The zero-order chi connectivity index (χ0) is 23.5. The molecule has 0 aliphatic heterocycles. The first kappa shape index (κ1) is 24.6. The molecule has 1 saturated carbocycles. The van der Waals surface area contributed by atoms with Crippen molar-refractivity contribution in [3.05, 3.63) is 59.7 Å². The lowest BCUT2D eigenvalue weighted by Gasteiger charge is -2.40. The van der Waals surface area contributed by atoms with Crippen molar-refractivity contribution in [1.29, 1.82) is 0 Å². The van der Waals surface area contributed by atoms with Crippen LogP contribution in [-0.2, 0) is 0 Å². The number of hydrogen-bond acceptors (Lipinski definition) is 1. The molecule has 32 heavy (non-hydrogen) atoms. The summed E-state index contributed by atoms with van der Waals surface area (Å²) in [7, 11) is -9.80. The fraction of sp³-hybridized carbons (Fsp3) is 0.458. The Labute approximate surface area is 186 Å². The second kappa shape index (κ2) is 8.69. The van der Waals surface area contributed by atoms with Crippen LogP contribution in [0.5, 0.6) is 0 Å². The average molecular weight is 476 g/mol. The molecule has 8 heteroatoms. The highest BCUT2D eigenvalue weighted by molar-refractivity contribution is 8.45. The Morgan fingerprint density at radius 2 is 1.59 bits per heavy atom. The normalized spacial score (nSPS) is 21.4. The molecule has 0 radical (unpaired) electrons. The fourth-order valence-electron chi connectivity index (χ4n) is 4.39. The molecule has 0 atom stereocenters. The lowest BCUT2D eigenvalue weighted by Crippen LogP contribution is -2.15. The molecular formula is C24H30F5NOS. The molecule has 3 rings (SSSR count). The third-order valence-electron chi connectivity index (χ3n) is 6.24. The Balaban J connectivity index is 1.60. The Hall–Kier alpha value is -2.09. The van der Waals surface area contributed by atoms with Crippen LogP contribution in [0.2, 0.25) is 0 Å². The second-order valence-corrected chi connectivity index (χ2v) is 11.2. The van der Waals surface area contributed by atoms with Crippen LogP contribution >= 0.6 is 10.2 Å². The number of nitrogens with one attached hydrogen (secondary N) is 1. The van der Waals surface area contributed by atoms with E-state index in [1.54, 1.807) is 12.1 Å². The third-order valence-corrected chi connectivity index (χ3v) is 7.39. The summed E-state index contributed by atoms with van der Waals surface area (Å²) in [6.45, 7) is 2.21. The van der Waals surface area contributed by atoms with Gasteiger partial charge in [0.1, 0.15) is 4.90 Å². The minimum Gasteiger partial charge on any atom is -0.322 e. The van der Waals surface area contributed by atoms with Crippen molar-refractivity contribution in [2.24, 2.45) is 5.92 Å². The van der Waals surface area contributed by atoms with E-state index in [4.69, 9.17) is 0 Å². The van der Waals surface area contributed by atoms with Gasteiger partial charge >= 0.3 is 10.2 Å². The van der Waals surface area contributed by atoms with E-state index in [0.717, 1.165) is 36.5 Å². The third kappa shape index (κ3) is 6.70. The average Bonchev–Trinajstić information content (AvgIpc) is 2.73. The maximum absolute atomic E-state index is 13.0. The van der Waals surface area contributed by atoms with E-state index in [9.17, 15) is 24.2 Å². The van der Waals surface area contributed by atoms with Crippen molar-refractivity contribution >= 4 is 21.8 Å². The summed E-state index contributed by atoms with van der Waals surface area (Å²) in [4.78, 5) is 10.4. The van der Waals surface area contributed by atoms with Gasteiger partial charge in [0.25, 0.3) is 5.91 Å². The first-order valence-corrected chi connectivity index (χ1v) is 13.1. The number of hydrogen-bond donors (Lipinski definition) is 1. The number of anilines is 1. The van der Waals surface area contributed by atoms with E-state index in [1.165, 1.54) is 38.5 Å². The topological polar surface area (TPSA) is 29.1 Å². The molecule has 2 nitrogen and oxygen atoms in total. The van der Waals surface area contributed by atoms with Gasteiger partial charge in [-0.1, -0.05) is 70.2 Å². The van der Waals surface area contributed by atoms with Gasteiger partial charge < -0.3 is 5.32 Å². The van der Waals surface area contributed by atoms with Gasteiger partial charge in [-0.25, -0.2) is 0 Å². The summed E-state index contributed by atoms with van der Waals surface area (Å²) in [6.07, 6.45) is 9.75. The van der Waals surface area contributed by atoms with Crippen molar-refractivity contribution in [2.45, 2.75) is 69.1 Å². The van der Waals surface area contributed by atoms with Crippen LogP contribution < -0.4 is 5.32 Å². The van der Waals surface area contributed by atoms with Gasteiger partial charge in [-0.05, 0) is 73.4 Å². The number of rotatable bonds is 8. The van der Waals surface area contributed by atoms with Crippen molar-refractivity contribution in [3.8, 4) is 0 Å². The molecule has 0 aromatic heterocycles. The van der Waals surface area contributed by atoms with Crippen LogP contribution in [-0.4, -0.2) is 5.91 Å². The van der Waals surface area contributed by atoms with E-state index in [1.807, 2.05) is 12.1 Å². The molecule has 1 aliphatic rings. The Kier molecular flexibility index (Phi) is 6.67. The molecule has 1 fully saturated rings. The fourth-order valence-corrected chi connectivity index (χ4v) is 5.08. The molecule has 0 saturated heterocycles. The molecule has 0 heterocycles. The summed E-state index contributed by atoms with van der Waals surface area (Å²) < 4.78 is 65.0. The molecule has 0 bridgehead atoms. The van der Waals surface area contributed by atoms with Crippen molar-refractivity contribution in [2.75, 3.05) is 5.32 Å². The molecule has 1 amide bonds. The highest BCUT2D eigenvalue weighted by Crippen LogP contribution is 3.02. The molecule has 1 aliphatic carbocycles. The highest BCUT2D eigenvalue weighted by Gasteiger charge is 2.65. The Morgan fingerprint density at radius 1 is 0.938 bits per heavy atom. The highest BCUT2D eigenvalue weighted by atomic mass is 32.5. The van der Waals surface area contributed by atoms with Gasteiger partial charge in [-0.2, -0.15) is 0 Å². The number of carbonyl (C=O) groups is 1. The number of benzene rings is 2. The molecular weight excluding hydrogens is 445 g/mol. The minimum atomic E-state index is -9.80. The summed E-state index contributed by atoms with van der Waals surface area (Å²) in [5, 5.41) is 2.28. The maximum Gasteiger partial charge on any atom is 0.310 e. The number of unbranched alkanes of at least 4 members (excludes halogenated alkanes) is 2. The summed E-state index contributed by atoms with van der Waals surface area (Å²) in [6, 6.07) is 9.60. The Morgan fingerprint density at radius 3 is 2.19 bits per heavy atom. The van der Waals surface area contributed by atoms with Gasteiger partial charge in [0.2, 0.25) is 0 Å². The van der Waals surface area contributed by atoms with Gasteiger partial charge in [-0.15, -0.1) is 0 Å². The lowest BCUT2D eigenvalue weighted by atomic mass is 9.77.